The predicted octanol–water partition coefficient (Wildman–Crippen LogP) is 3.32. The average Bonchev–Trinajstić information content (AvgIpc) is 2.69. The topological polar surface area (TPSA) is 114 Å². The van der Waals surface area contributed by atoms with Crippen LogP contribution in [0.25, 0.3) is 12.2 Å². The summed E-state index contributed by atoms with van der Waals surface area (Å²) in [5, 5.41) is 12.4. The van der Waals surface area contributed by atoms with Crippen molar-refractivity contribution in [3.63, 3.8) is 0 Å². The van der Waals surface area contributed by atoms with Crippen molar-refractivity contribution in [1.82, 2.24) is 5.01 Å². The third-order valence-electron chi connectivity index (χ3n) is 4.75. The van der Waals surface area contributed by atoms with Gasteiger partial charge in [-0.3, -0.25) is 20.9 Å². The molecule has 8 heteroatoms. The highest BCUT2D eigenvalue weighted by molar-refractivity contribution is 5.66. The van der Waals surface area contributed by atoms with E-state index in [0.717, 1.165) is 16.8 Å². The number of hydrazine groups is 1. The molecule has 0 saturated carbocycles. The molecular weight excluding hydrogens is 368 g/mol. The van der Waals surface area contributed by atoms with Crippen LogP contribution in [0.1, 0.15) is 25.0 Å². The van der Waals surface area contributed by atoms with Crippen LogP contribution in [0.4, 0.5) is 11.4 Å². The molecule has 1 aliphatic rings. The lowest BCUT2D eigenvalue weighted by atomic mass is 10.1. The number of non-ortho nitro benzene ring substituents is 1. The number of hydrogen-bond donors (Lipinski definition) is 2. The highest BCUT2D eigenvalue weighted by Crippen LogP contribution is 2.29. The lowest BCUT2D eigenvalue weighted by Crippen LogP contribution is -2.67. The van der Waals surface area contributed by atoms with Crippen molar-refractivity contribution in [2.75, 3.05) is 4.90 Å². The van der Waals surface area contributed by atoms with E-state index in [-0.39, 0.29) is 5.69 Å². The van der Waals surface area contributed by atoms with Crippen LogP contribution in [0, 0.1) is 10.1 Å². The summed E-state index contributed by atoms with van der Waals surface area (Å²) in [5.74, 6) is 6.04. The summed E-state index contributed by atoms with van der Waals surface area (Å²) in [6.45, 7) is 3.95. The van der Waals surface area contributed by atoms with E-state index in [1.165, 1.54) is 17.1 Å². The fourth-order valence-electron chi connectivity index (χ4n) is 3.12. The molecule has 0 spiro atoms. The van der Waals surface area contributed by atoms with Crippen LogP contribution in [0.2, 0.25) is 0 Å². The van der Waals surface area contributed by atoms with E-state index in [9.17, 15) is 10.1 Å². The number of nitrogens with two attached hydrogens (primary N) is 2. The number of nitrogens with zero attached hydrogens (tertiary/aromatic N) is 4. The van der Waals surface area contributed by atoms with Gasteiger partial charge in [0.1, 0.15) is 12.0 Å². The molecule has 1 atom stereocenters. The van der Waals surface area contributed by atoms with E-state index in [4.69, 9.17) is 11.6 Å². The van der Waals surface area contributed by atoms with Crippen LogP contribution in [-0.2, 0) is 0 Å². The van der Waals surface area contributed by atoms with Crippen LogP contribution in [-0.4, -0.2) is 28.2 Å². The number of anilines is 1. The number of benzene rings is 2. The predicted molar refractivity (Wildman–Crippen MR) is 117 cm³/mol. The third-order valence-corrected chi connectivity index (χ3v) is 4.75. The van der Waals surface area contributed by atoms with Gasteiger partial charge in [-0.2, -0.15) is 0 Å². The Hall–Kier alpha value is -3.49. The van der Waals surface area contributed by atoms with Crippen molar-refractivity contribution < 1.29 is 4.92 Å². The molecule has 0 amide bonds. The Kier molecular flexibility index (Phi) is 5.76. The molecule has 29 heavy (non-hydrogen) atoms. The summed E-state index contributed by atoms with van der Waals surface area (Å²) in [4.78, 5) is 16.6. The SMILES string of the molecule is CC1(C)N(N)C=NC(N)N1c1cccc(C=CC=Cc2cccc([N+](=O)[O-])c2)c1. The first kappa shape index (κ1) is 20.2. The van der Waals surface area contributed by atoms with Gasteiger partial charge >= 0.3 is 0 Å². The van der Waals surface area contributed by atoms with Crippen molar-refractivity contribution in [1.29, 1.82) is 0 Å². The second-order valence-corrected chi connectivity index (χ2v) is 7.12. The van der Waals surface area contributed by atoms with E-state index in [0.29, 0.717) is 0 Å². The smallest absolute Gasteiger partial charge is 0.270 e. The number of nitro groups is 1. The molecular formula is C21H24N6O2. The highest BCUT2D eigenvalue weighted by Gasteiger charge is 2.37. The minimum absolute atomic E-state index is 0.0703. The molecule has 1 heterocycles. The van der Waals surface area contributed by atoms with Gasteiger partial charge in [-0.1, -0.05) is 48.6 Å². The van der Waals surface area contributed by atoms with Gasteiger partial charge in [0.25, 0.3) is 5.69 Å². The second kappa shape index (κ2) is 8.26. The molecule has 0 aromatic heterocycles. The number of hydrogen-bond acceptors (Lipinski definition) is 7. The summed E-state index contributed by atoms with van der Waals surface area (Å²) >= 11 is 0. The molecule has 1 aliphatic heterocycles. The normalized spacial score (nSPS) is 18.7. The van der Waals surface area contributed by atoms with Crippen LogP contribution in [0.5, 0.6) is 0 Å². The van der Waals surface area contributed by atoms with Gasteiger partial charge in [-0.25, -0.2) is 10.8 Å². The van der Waals surface area contributed by atoms with E-state index < -0.39 is 16.9 Å². The van der Waals surface area contributed by atoms with Crippen molar-refractivity contribution in [3.8, 4) is 0 Å². The summed E-state index contributed by atoms with van der Waals surface area (Å²) in [6, 6.07) is 14.4. The summed E-state index contributed by atoms with van der Waals surface area (Å²) in [7, 11) is 0. The molecule has 3 rings (SSSR count). The van der Waals surface area contributed by atoms with Gasteiger partial charge in [0, 0.05) is 17.8 Å². The molecule has 0 radical (unpaired) electrons. The Morgan fingerprint density at radius 1 is 1.10 bits per heavy atom. The van der Waals surface area contributed by atoms with Crippen LogP contribution in [0.3, 0.4) is 0 Å². The second-order valence-electron chi connectivity index (χ2n) is 7.12. The molecule has 4 N–H and O–H groups in total. The molecule has 2 aromatic rings. The van der Waals surface area contributed by atoms with Crippen molar-refractivity contribution in [3.05, 3.63) is 81.9 Å². The zero-order valence-corrected chi connectivity index (χ0v) is 16.3. The fourth-order valence-corrected chi connectivity index (χ4v) is 3.12. The lowest BCUT2D eigenvalue weighted by Gasteiger charge is -2.49. The van der Waals surface area contributed by atoms with Gasteiger partial charge < -0.3 is 4.90 Å². The van der Waals surface area contributed by atoms with Crippen LogP contribution in [0.15, 0.2) is 65.7 Å². The van der Waals surface area contributed by atoms with Gasteiger partial charge in [0.15, 0.2) is 6.29 Å². The molecule has 0 aliphatic carbocycles. The van der Waals surface area contributed by atoms with Crippen molar-refractivity contribution in [2.24, 2.45) is 16.6 Å². The Balaban J connectivity index is 1.77. The first-order valence-electron chi connectivity index (χ1n) is 9.10. The van der Waals surface area contributed by atoms with Crippen LogP contribution >= 0.6 is 0 Å². The maximum Gasteiger partial charge on any atom is 0.270 e. The number of allylic oxidation sites excluding steroid dienone is 2. The molecule has 150 valence electrons. The molecule has 8 nitrogen and oxygen atoms in total. The van der Waals surface area contributed by atoms with Gasteiger partial charge in [-0.15, -0.1) is 0 Å². The third kappa shape index (κ3) is 4.50. The van der Waals surface area contributed by atoms with Gasteiger partial charge in [0.2, 0.25) is 0 Å². The number of aliphatic imine (C=N–C) groups is 1. The maximum atomic E-state index is 10.9. The molecule has 0 fully saturated rings. The summed E-state index contributed by atoms with van der Waals surface area (Å²) in [5.41, 5.74) is 8.37. The van der Waals surface area contributed by atoms with Gasteiger partial charge in [0.05, 0.1) is 4.92 Å². The summed E-state index contributed by atoms with van der Waals surface area (Å²) in [6.07, 6.45) is 8.50. The largest absolute Gasteiger partial charge is 0.313 e. The fraction of sp³-hybridized carbons (Fsp3) is 0.190. The average molecular weight is 392 g/mol. The Labute approximate surface area is 169 Å². The van der Waals surface area contributed by atoms with E-state index >= 15 is 0 Å². The zero-order chi connectivity index (χ0) is 21.0. The minimum Gasteiger partial charge on any atom is -0.313 e. The minimum atomic E-state index is -0.536. The standard InChI is InChI=1S/C21H24N6O2/c1-21(2)25(23)15-24-20(22)26(21)18-11-5-9-16(13-18)7-3-4-8-17-10-6-12-19(14-17)27(28)29/h3-15,20H,22-23H2,1-2H3. The monoisotopic (exact) mass is 392 g/mol. The Bertz CT molecular complexity index is 983. The molecule has 1 unspecified atom stereocenters. The highest BCUT2D eigenvalue weighted by atomic mass is 16.6. The van der Waals surface area contributed by atoms with Crippen molar-refractivity contribution >= 4 is 29.9 Å². The van der Waals surface area contributed by atoms with Crippen molar-refractivity contribution in [2.45, 2.75) is 25.8 Å². The summed E-state index contributed by atoms with van der Waals surface area (Å²) < 4.78 is 0. The molecule has 0 saturated heterocycles. The van der Waals surface area contributed by atoms with E-state index in [1.807, 2.05) is 73.4 Å². The first-order chi connectivity index (χ1) is 13.8. The quantitative estimate of drug-likeness (QED) is 0.349. The number of nitro benzene ring substituents is 1. The molecule has 2 aromatic carbocycles. The zero-order valence-electron chi connectivity index (χ0n) is 16.3. The first-order valence-corrected chi connectivity index (χ1v) is 9.10. The van der Waals surface area contributed by atoms with Gasteiger partial charge in [-0.05, 0) is 37.1 Å². The maximum absolute atomic E-state index is 10.9. The number of rotatable bonds is 5. The Morgan fingerprint density at radius 2 is 1.72 bits per heavy atom. The molecule has 0 bridgehead atoms. The lowest BCUT2D eigenvalue weighted by molar-refractivity contribution is -0.384. The Morgan fingerprint density at radius 3 is 2.38 bits per heavy atom. The van der Waals surface area contributed by atoms with E-state index in [1.54, 1.807) is 12.4 Å². The van der Waals surface area contributed by atoms with Crippen LogP contribution < -0.4 is 16.5 Å². The van der Waals surface area contributed by atoms with E-state index in [2.05, 4.69) is 4.99 Å².